The molecule has 2 fully saturated rings. The van der Waals surface area contributed by atoms with Gasteiger partial charge in [-0.15, -0.1) is 0 Å². The fourth-order valence-corrected chi connectivity index (χ4v) is 3.99. The molecule has 1 saturated heterocycles. The van der Waals surface area contributed by atoms with E-state index in [1.54, 1.807) is 12.1 Å². The van der Waals surface area contributed by atoms with Crippen LogP contribution in [0.25, 0.3) is 0 Å². The second-order valence-electron chi connectivity index (χ2n) is 7.25. The Balaban J connectivity index is 1.43. The topological polar surface area (TPSA) is 69.6 Å². The summed E-state index contributed by atoms with van der Waals surface area (Å²) in [5.74, 6) is -0.272. The van der Waals surface area contributed by atoms with Crippen LogP contribution in [0.15, 0.2) is 24.3 Å². The third-order valence-electron chi connectivity index (χ3n) is 5.23. The summed E-state index contributed by atoms with van der Waals surface area (Å²) in [7, 11) is 0. The van der Waals surface area contributed by atoms with Crippen LogP contribution in [-0.2, 0) is 16.0 Å². The van der Waals surface area contributed by atoms with Crippen LogP contribution in [0.2, 0.25) is 5.02 Å². The van der Waals surface area contributed by atoms with E-state index >= 15 is 0 Å². The Labute approximate surface area is 157 Å². The lowest BCUT2D eigenvalue weighted by atomic mass is 9.85. The van der Waals surface area contributed by atoms with Crippen LogP contribution in [0.4, 0.5) is 4.39 Å². The fourth-order valence-electron chi connectivity index (χ4n) is 3.78. The van der Waals surface area contributed by atoms with Gasteiger partial charge in [0, 0.05) is 23.5 Å². The van der Waals surface area contributed by atoms with E-state index < -0.39 is 12.3 Å². The van der Waals surface area contributed by atoms with Crippen LogP contribution < -0.4 is 5.32 Å². The average Bonchev–Trinajstić information content (AvgIpc) is 2.94. The number of benzene rings is 1. The van der Waals surface area contributed by atoms with Gasteiger partial charge in [0.05, 0.1) is 13.0 Å². The Bertz CT molecular complexity index is 654. The lowest BCUT2D eigenvalue weighted by molar-refractivity contribution is -0.136. The van der Waals surface area contributed by atoms with Gasteiger partial charge < -0.3 is 15.3 Å². The quantitative estimate of drug-likeness (QED) is 0.837. The molecule has 1 aromatic carbocycles. The van der Waals surface area contributed by atoms with E-state index in [-0.39, 0.29) is 43.3 Å². The van der Waals surface area contributed by atoms with Crippen molar-refractivity contribution in [1.29, 1.82) is 0 Å². The Morgan fingerprint density at radius 2 is 1.96 bits per heavy atom. The minimum atomic E-state index is -1.35. The molecular weight excluding hydrogens is 359 g/mol. The third kappa shape index (κ3) is 4.74. The number of aliphatic hydroxyl groups is 1. The van der Waals surface area contributed by atoms with E-state index in [1.807, 2.05) is 12.1 Å². The van der Waals surface area contributed by atoms with Gasteiger partial charge in [0.1, 0.15) is 12.3 Å². The largest absolute Gasteiger partial charge is 0.388 e. The first kappa shape index (κ1) is 19.1. The van der Waals surface area contributed by atoms with E-state index in [1.165, 1.54) is 4.90 Å². The lowest BCUT2D eigenvalue weighted by Gasteiger charge is -2.30. The van der Waals surface area contributed by atoms with Crippen molar-refractivity contribution in [2.75, 3.05) is 13.1 Å². The van der Waals surface area contributed by atoms with Crippen molar-refractivity contribution < 1.29 is 19.1 Å². The Hall–Kier alpha value is -1.66. The zero-order valence-corrected chi connectivity index (χ0v) is 15.3. The molecule has 2 amide bonds. The minimum Gasteiger partial charge on any atom is -0.388 e. The first-order valence-corrected chi connectivity index (χ1v) is 9.45. The zero-order valence-electron chi connectivity index (χ0n) is 14.5. The number of nitrogens with zero attached hydrogens (tertiary/aromatic N) is 1. The summed E-state index contributed by atoms with van der Waals surface area (Å²) in [6.45, 7) is 0.0621. The van der Waals surface area contributed by atoms with E-state index in [4.69, 9.17) is 11.6 Å². The highest BCUT2D eigenvalue weighted by atomic mass is 35.5. The number of β-amino-alcohol motifs (C(OH)–C–C–N with tert-alkyl or cyclic N) is 1. The summed E-state index contributed by atoms with van der Waals surface area (Å²) >= 11 is 5.93. The van der Waals surface area contributed by atoms with Crippen LogP contribution in [0.1, 0.15) is 31.2 Å². The van der Waals surface area contributed by atoms with Crippen molar-refractivity contribution >= 4 is 23.4 Å². The van der Waals surface area contributed by atoms with Crippen molar-refractivity contribution in [3.05, 3.63) is 34.9 Å². The fraction of sp³-hybridized carbons (Fsp3) is 0.579. The van der Waals surface area contributed by atoms with Gasteiger partial charge in [-0.1, -0.05) is 23.7 Å². The Kier molecular flexibility index (Phi) is 6.14. The van der Waals surface area contributed by atoms with Gasteiger partial charge in [0.2, 0.25) is 11.8 Å². The summed E-state index contributed by atoms with van der Waals surface area (Å²) in [5.41, 5.74) is 0.868. The SMILES string of the molecule is O=C(Cc1cccc(Cl)c1)NC1CCC(C(=O)N2C[C@@H](O)[C@H](F)C2)CC1. The molecule has 3 rings (SSSR count). The van der Waals surface area contributed by atoms with Crippen LogP contribution in [-0.4, -0.2) is 53.2 Å². The molecule has 0 unspecified atom stereocenters. The van der Waals surface area contributed by atoms with Gasteiger partial charge in [-0.05, 0) is 43.4 Å². The average molecular weight is 383 g/mol. The number of nitrogens with one attached hydrogen (secondary N) is 1. The van der Waals surface area contributed by atoms with Gasteiger partial charge in [-0.2, -0.15) is 0 Å². The first-order valence-electron chi connectivity index (χ1n) is 9.07. The van der Waals surface area contributed by atoms with Crippen molar-refractivity contribution in [2.24, 2.45) is 5.92 Å². The first-order chi connectivity index (χ1) is 12.4. The molecule has 0 radical (unpaired) electrons. The van der Waals surface area contributed by atoms with Crippen LogP contribution >= 0.6 is 11.6 Å². The number of carbonyl (C=O) groups is 2. The number of carbonyl (C=O) groups excluding carboxylic acids is 2. The summed E-state index contributed by atoms with van der Waals surface area (Å²) in [4.78, 5) is 26.1. The smallest absolute Gasteiger partial charge is 0.225 e. The number of alkyl halides is 1. The number of amides is 2. The highest BCUT2D eigenvalue weighted by molar-refractivity contribution is 6.30. The van der Waals surface area contributed by atoms with E-state index in [0.717, 1.165) is 18.4 Å². The molecule has 5 nitrogen and oxygen atoms in total. The van der Waals surface area contributed by atoms with Crippen molar-refractivity contribution in [3.8, 4) is 0 Å². The molecule has 1 saturated carbocycles. The normalized spacial score (nSPS) is 28.8. The van der Waals surface area contributed by atoms with Crippen molar-refractivity contribution in [3.63, 3.8) is 0 Å². The molecule has 1 heterocycles. The van der Waals surface area contributed by atoms with Gasteiger partial charge in [-0.3, -0.25) is 9.59 Å². The molecule has 1 aromatic rings. The molecular formula is C19H24ClFN2O3. The molecule has 1 aliphatic heterocycles. The molecule has 142 valence electrons. The number of rotatable bonds is 4. The predicted molar refractivity (Wildman–Crippen MR) is 96.5 cm³/mol. The maximum Gasteiger partial charge on any atom is 0.225 e. The second-order valence-corrected chi connectivity index (χ2v) is 7.69. The minimum absolute atomic E-state index is 0.0176. The van der Waals surface area contributed by atoms with E-state index in [0.29, 0.717) is 17.9 Å². The molecule has 0 spiro atoms. The zero-order chi connectivity index (χ0) is 18.7. The highest BCUT2D eigenvalue weighted by Crippen LogP contribution is 2.28. The summed E-state index contributed by atoms with van der Waals surface area (Å²) < 4.78 is 13.4. The van der Waals surface area contributed by atoms with Crippen molar-refractivity contribution in [2.45, 2.75) is 50.4 Å². The second kappa shape index (κ2) is 8.35. The number of halogens is 2. The summed E-state index contributed by atoms with van der Waals surface area (Å²) in [6.07, 6.45) is 0.667. The Morgan fingerprint density at radius 1 is 1.23 bits per heavy atom. The highest BCUT2D eigenvalue weighted by Gasteiger charge is 2.37. The standard InChI is InChI=1S/C19H24ClFN2O3/c20-14-3-1-2-12(8-14)9-18(25)22-15-6-4-13(5-7-15)19(26)23-10-16(21)17(24)11-23/h1-3,8,13,15-17,24H,4-7,9-11H2,(H,22,25)/t13?,15?,16-,17-/m1/s1. The number of likely N-dealkylation sites (tertiary alicyclic amines) is 1. The number of hydrogen-bond donors (Lipinski definition) is 2. The summed E-state index contributed by atoms with van der Waals surface area (Å²) in [6, 6.07) is 7.29. The molecule has 0 aromatic heterocycles. The van der Waals surface area contributed by atoms with Gasteiger partial charge >= 0.3 is 0 Å². The molecule has 2 aliphatic rings. The van der Waals surface area contributed by atoms with Gasteiger partial charge in [-0.25, -0.2) is 4.39 Å². The Morgan fingerprint density at radius 3 is 2.58 bits per heavy atom. The maximum absolute atomic E-state index is 13.4. The maximum atomic E-state index is 13.4. The van der Waals surface area contributed by atoms with E-state index in [2.05, 4.69) is 5.32 Å². The number of hydrogen-bond acceptors (Lipinski definition) is 3. The molecule has 2 atom stereocenters. The van der Waals surface area contributed by atoms with Crippen LogP contribution in [0.3, 0.4) is 0 Å². The predicted octanol–water partition coefficient (Wildman–Crippen LogP) is 2.10. The van der Waals surface area contributed by atoms with Crippen LogP contribution in [0, 0.1) is 5.92 Å². The summed E-state index contributed by atoms with van der Waals surface area (Å²) in [5, 5.41) is 13.1. The van der Waals surface area contributed by atoms with Gasteiger partial charge in [0.25, 0.3) is 0 Å². The lowest BCUT2D eigenvalue weighted by Crippen LogP contribution is -2.42. The monoisotopic (exact) mass is 382 g/mol. The van der Waals surface area contributed by atoms with Crippen molar-refractivity contribution in [1.82, 2.24) is 10.2 Å². The van der Waals surface area contributed by atoms with E-state index in [9.17, 15) is 19.1 Å². The molecule has 7 heteroatoms. The number of aliphatic hydroxyl groups excluding tert-OH is 1. The van der Waals surface area contributed by atoms with Crippen LogP contribution in [0.5, 0.6) is 0 Å². The third-order valence-corrected chi connectivity index (χ3v) is 5.46. The molecule has 0 bridgehead atoms. The van der Waals surface area contributed by atoms with Gasteiger partial charge in [0.15, 0.2) is 0 Å². The molecule has 2 N–H and O–H groups in total. The molecule has 1 aliphatic carbocycles. The molecule has 26 heavy (non-hydrogen) atoms.